The molecule has 0 unspecified atom stereocenters. The van der Waals surface area contributed by atoms with E-state index in [-0.39, 0.29) is 17.4 Å². The van der Waals surface area contributed by atoms with Crippen LogP contribution < -0.4 is 15.8 Å². The number of aromatic nitrogens is 1. The van der Waals surface area contributed by atoms with Crippen molar-refractivity contribution in [3.8, 4) is 6.07 Å². The molecule has 0 radical (unpaired) electrons. The molecule has 1 aliphatic heterocycles. The zero-order valence-electron chi connectivity index (χ0n) is 15.5. The molecule has 3 aromatic rings. The lowest BCUT2D eigenvalue weighted by atomic mass is 9.95. The van der Waals surface area contributed by atoms with Gasteiger partial charge in [0, 0.05) is 16.7 Å². The SMILES string of the molecule is Cc1ccc2c(N(C(=O)C3CCNCC3)c3ccsc3)c(C#N)c(=O)[nH]c2c1. The summed E-state index contributed by atoms with van der Waals surface area (Å²) < 4.78 is 0. The second kappa shape index (κ2) is 7.58. The van der Waals surface area contributed by atoms with Crippen molar-refractivity contribution in [3.05, 3.63) is 56.5 Å². The number of hydrogen-bond acceptors (Lipinski definition) is 5. The molecule has 7 heteroatoms. The second-order valence-electron chi connectivity index (χ2n) is 7.02. The lowest BCUT2D eigenvalue weighted by Gasteiger charge is -2.30. The highest BCUT2D eigenvalue weighted by Crippen LogP contribution is 2.36. The highest BCUT2D eigenvalue weighted by molar-refractivity contribution is 7.08. The van der Waals surface area contributed by atoms with Crippen molar-refractivity contribution in [1.82, 2.24) is 10.3 Å². The number of nitrogens with one attached hydrogen (secondary N) is 2. The molecule has 1 amide bonds. The van der Waals surface area contributed by atoms with E-state index in [1.54, 1.807) is 4.90 Å². The molecule has 0 aliphatic carbocycles. The third-order valence-corrected chi connectivity index (χ3v) is 5.82. The van der Waals surface area contributed by atoms with E-state index < -0.39 is 5.56 Å². The summed E-state index contributed by atoms with van der Waals surface area (Å²) in [6.45, 7) is 3.51. The quantitative estimate of drug-likeness (QED) is 0.715. The number of hydrogen-bond donors (Lipinski definition) is 2. The predicted molar refractivity (Wildman–Crippen MR) is 111 cm³/mol. The van der Waals surface area contributed by atoms with Crippen molar-refractivity contribution < 1.29 is 4.79 Å². The van der Waals surface area contributed by atoms with Gasteiger partial charge in [-0.25, -0.2) is 0 Å². The highest BCUT2D eigenvalue weighted by Gasteiger charge is 2.31. The minimum absolute atomic E-state index is 0.0372. The number of thiophene rings is 1. The average molecular weight is 392 g/mol. The maximum atomic E-state index is 13.6. The Morgan fingerprint density at radius 2 is 2.07 bits per heavy atom. The minimum atomic E-state index is -0.478. The summed E-state index contributed by atoms with van der Waals surface area (Å²) in [5.41, 5.74) is 2.17. The molecule has 142 valence electrons. The first-order valence-electron chi connectivity index (χ1n) is 9.24. The van der Waals surface area contributed by atoms with Crippen LogP contribution in [0.3, 0.4) is 0 Å². The Bertz CT molecular complexity index is 1120. The zero-order valence-corrected chi connectivity index (χ0v) is 16.3. The fraction of sp³-hybridized carbons (Fsp3) is 0.286. The Labute approximate surface area is 166 Å². The summed E-state index contributed by atoms with van der Waals surface area (Å²) >= 11 is 1.48. The van der Waals surface area contributed by atoms with Gasteiger partial charge in [-0.3, -0.25) is 14.5 Å². The van der Waals surface area contributed by atoms with Crippen molar-refractivity contribution in [3.63, 3.8) is 0 Å². The first kappa shape index (κ1) is 18.4. The van der Waals surface area contributed by atoms with Crippen LogP contribution in [0.4, 0.5) is 11.4 Å². The predicted octanol–water partition coefficient (Wildman–Crippen LogP) is 3.43. The summed E-state index contributed by atoms with van der Waals surface area (Å²) in [5, 5.41) is 17.5. The normalized spacial score (nSPS) is 14.7. The molecule has 0 atom stereocenters. The number of aryl methyl sites for hydroxylation is 1. The molecule has 3 heterocycles. The molecule has 2 N–H and O–H groups in total. The van der Waals surface area contributed by atoms with Gasteiger partial charge >= 0.3 is 0 Å². The molecule has 1 saturated heterocycles. The van der Waals surface area contributed by atoms with E-state index in [4.69, 9.17) is 0 Å². The number of nitrogens with zero attached hydrogens (tertiary/aromatic N) is 2. The maximum absolute atomic E-state index is 13.6. The molecule has 0 spiro atoms. The largest absolute Gasteiger partial charge is 0.321 e. The van der Waals surface area contributed by atoms with Crippen LogP contribution in [-0.4, -0.2) is 24.0 Å². The number of H-pyrrole nitrogens is 1. The third kappa shape index (κ3) is 3.21. The van der Waals surface area contributed by atoms with Crippen molar-refractivity contribution in [1.29, 1.82) is 5.26 Å². The van der Waals surface area contributed by atoms with Crippen LogP contribution in [-0.2, 0) is 4.79 Å². The van der Waals surface area contributed by atoms with E-state index in [2.05, 4.69) is 10.3 Å². The average Bonchev–Trinajstić information content (AvgIpc) is 3.22. The van der Waals surface area contributed by atoms with E-state index >= 15 is 0 Å². The maximum Gasteiger partial charge on any atom is 0.268 e. The number of carbonyl (C=O) groups excluding carboxylic acids is 1. The first-order valence-corrected chi connectivity index (χ1v) is 10.2. The van der Waals surface area contributed by atoms with Gasteiger partial charge in [0.05, 0.1) is 16.9 Å². The summed E-state index contributed by atoms with van der Waals surface area (Å²) in [7, 11) is 0. The summed E-state index contributed by atoms with van der Waals surface area (Å²) in [4.78, 5) is 30.6. The molecule has 0 bridgehead atoms. The van der Waals surface area contributed by atoms with E-state index in [9.17, 15) is 14.9 Å². The van der Waals surface area contributed by atoms with Crippen LogP contribution in [0.25, 0.3) is 10.9 Å². The molecule has 6 nitrogen and oxygen atoms in total. The molecule has 1 aromatic carbocycles. The molecule has 0 saturated carbocycles. The lowest BCUT2D eigenvalue weighted by Crippen LogP contribution is -2.39. The van der Waals surface area contributed by atoms with Crippen molar-refractivity contribution >= 4 is 39.5 Å². The Hall–Kier alpha value is -2.95. The van der Waals surface area contributed by atoms with Crippen LogP contribution in [0.1, 0.15) is 24.0 Å². The fourth-order valence-electron chi connectivity index (χ4n) is 3.73. The molecule has 1 fully saturated rings. The summed E-state index contributed by atoms with van der Waals surface area (Å²) in [6.07, 6.45) is 1.48. The number of anilines is 2. The number of rotatable bonds is 3. The standard InChI is InChI=1S/C21H20N4O2S/c1-13-2-3-16-18(10-13)24-20(26)17(11-22)19(16)25(15-6-9-28-12-15)21(27)14-4-7-23-8-5-14/h2-3,6,9-10,12,14,23H,4-5,7-8H2,1H3,(H,24,26). The number of nitriles is 1. The second-order valence-corrected chi connectivity index (χ2v) is 7.80. The van der Waals surface area contributed by atoms with Crippen LogP contribution >= 0.6 is 11.3 Å². The van der Waals surface area contributed by atoms with Crippen molar-refractivity contribution in [2.45, 2.75) is 19.8 Å². The van der Waals surface area contributed by atoms with E-state index in [0.29, 0.717) is 22.3 Å². The molecule has 1 aliphatic rings. The topological polar surface area (TPSA) is 89.0 Å². The number of pyridine rings is 1. The van der Waals surface area contributed by atoms with E-state index in [1.807, 2.05) is 48.0 Å². The smallest absolute Gasteiger partial charge is 0.268 e. The molecular formula is C21H20N4O2S. The molecule has 2 aromatic heterocycles. The third-order valence-electron chi connectivity index (χ3n) is 5.15. The number of benzene rings is 1. The number of aromatic amines is 1. The van der Waals surface area contributed by atoms with Gasteiger partial charge < -0.3 is 10.3 Å². The fourth-order valence-corrected chi connectivity index (χ4v) is 4.35. The van der Waals surface area contributed by atoms with E-state index in [0.717, 1.165) is 31.5 Å². The first-order chi connectivity index (χ1) is 13.6. The van der Waals surface area contributed by atoms with Gasteiger partial charge in [0.1, 0.15) is 11.6 Å². The number of carbonyl (C=O) groups is 1. The minimum Gasteiger partial charge on any atom is -0.321 e. The number of amides is 1. The van der Waals surface area contributed by atoms with Gasteiger partial charge in [-0.15, -0.1) is 0 Å². The number of fused-ring (bicyclic) bond motifs is 1. The Kier molecular flexibility index (Phi) is 4.99. The van der Waals surface area contributed by atoms with Gasteiger partial charge in [0.2, 0.25) is 5.91 Å². The number of piperidine rings is 1. The van der Waals surface area contributed by atoms with Gasteiger partial charge in [-0.2, -0.15) is 16.6 Å². The summed E-state index contributed by atoms with van der Waals surface area (Å²) in [5.74, 6) is -0.212. The van der Waals surface area contributed by atoms with Crippen LogP contribution in [0.2, 0.25) is 0 Å². The van der Waals surface area contributed by atoms with Gasteiger partial charge in [0.25, 0.3) is 5.56 Å². The lowest BCUT2D eigenvalue weighted by molar-refractivity contribution is -0.122. The van der Waals surface area contributed by atoms with Gasteiger partial charge in [-0.1, -0.05) is 12.1 Å². The van der Waals surface area contributed by atoms with Crippen molar-refractivity contribution in [2.24, 2.45) is 5.92 Å². The van der Waals surface area contributed by atoms with Crippen molar-refractivity contribution in [2.75, 3.05) is 18.0 Å². The summed E-state index contributed by atoms with van der Waals surface area (Å²) in [6, 6.07) is 9.53. The monoisotopic (exact) mass is 392 g/mol. The zero-order chi connectivity index (χ0) is 19.7. The molecular weight excluding hydrogens is 372 g/mol. The Morgan fingerprint density at radius 3 is 2.75 bits per heavy atom. The van der Waals surface area contributed by atoms with Crippen LogP contribution in [0.15, 0.2) is 39.8 Å². The molecule has 4 rings (SSSR count). The van der Waals surface area contributed by atoms with Gasteiger partial charge in [0.15, 0.2) is 0 Å². The van der Waals surface area contributed by atoms with Crippen LogP contribution in [0.5, 0.6) is 0 Å². The van der Waals surface area contributed by atoms with Crippen LogP contribution in [0, 0.1) is 24.2 Å². The van der Waals surface area contributed by atoms with Gasteiger partial charge in [-0.05, 0) is 55.9 Å². The Morgan fingerprint density at radius 1 is 1.29 bits per heavy atom. The Balaban J connectivity index is 1.98. The molecule has 28 heavy (non-hydrogen) atoms. The highest BCUT2D eigenvalue weighted by atomic mass is 32.1. The van der Waals surface area contributed by atoms with E-state index in [1.165, 1.54) is 11.3 Å².